The summed E-state index contributed by atoms with van der Waals surface area (Å²) in [5, 5.41) is 15.3. The van der Waals surface area contributed by atoms with Gasteiger partial charge in [0, 0.05) is 25.1 Å². The molecule has 0 saturated heterocycles. The maximum atomic E-state index is 13.5. The van der Waals surface area contributed by atoms with Crippen molar-refractivity contribution in [2.75, 3.05) is 13.1 Å². The van der Waals surface area contributed by atoms with Crippen molar-refractivity contribution in [2.24, 2.45) is 23.0 Å². The molecule has 3 rings (SSSR count). The number of hydrogen-bond acceptors (Lipinski definition) is 8. The minimum absolute atomic E-state index is 0.000822. The van der Waals surface area contributed by atoms with Gasteiger partial charge in [-0.3, -0.25) is 14.4 Å². The molecule has 0 aliphatic carbocycles. The fourth-order valence-electron chi connectivity index (χ4n) is 4.63. The quantitative estimate of drug-likeness (QED) is 0.196. The Kier molecular flexibility index (Phi) is 12.3. The standard InChI is InChI=1S/C33H45N7O5/c1-7-8-13-28(41)39(18-19-40(45-32(44)33(4,5)6)31(43)27(29(34)42)20-22(2)3)21-23-14-16-24(17-15-23)25-11-9-10-12-26(25)30-35-37-38-36-30/h9-12,14-17,22,27H,7-8,13,18-21H2,1-6H3,(H2,34,42)(H,35,36,37,38). The molecular weight excluding hydrogens is 574 g/mol. The average Bonchev–Trinajstić information content (AvgIpc) is 3.54. The largest absolute Gasteiger partial charge is 0.369 e. The van der Waals surface area contributed by atoms with E-state index in [1.807, 2.05) is 69.3 Å². The van der Waals surface area contributed by atoms with Gasteiger partial charge in [0.1, 0.15) is 5.92 Å². The third kappa shape index (κ3) is 9.95. The van der Waals surface area contributed by atoms with Crippen LogP contribution in [0, 0.1) is 17.3 Å². The molecule has 0 aliphatic heterocycles. The number of primary amides is 1. The van der Waals surface area contributed by atoms with Crippen molar-refractivity contribution in [2.45, 2.75) is 73.8 Å². The molecule has 3 amide bonds. The number of hydroxylamine groups is 2. The number of carbonyl (C=O) groups excluding carboxylic acids is 4. The number of amides is 3. The van der Waals surface area contributed by atoms with Crippen LogP contribution in [-0.2, 0) is 30.6 Å². The van der Waals surface area contributed by atoms with E-state index in [1.165, 1.54) is 0 Å². The SMILES string of the molecule is CCCCC(=O)N(CCN(OC(=O)C(C)(C)C)C(=O)C(CC(C)C)C(N)=O)Cc1ccc(-c2ccccc2-c2nn[nH]n2)cc1. The summed E-state index contributed by atoms with van der Waals surface area (Å²) in [5.41, 5.74) is 8.26. The number of H-pyrrole nitrogens is 1. The van der Waals surface area contributed by atoms with E-state index in [9.17, 15) is 19.2 Å². The van der Waals surface area contributed by atoms with E-state index in [0.29, 0.717) is 18.7 Å². The number of hydrogen-bond donors (Lipinski definition) is 2. The highest BCUT2D eigenvalue weighted by molar-refractivity contribution is 5.99. The fraction of sp³-hybridized carbons (Fsp3) is 0.485. The lowest BCUT2D eigenvalue weighted by Crippen LogP contribution is -2.48. The summed E-state index contributed by atoms with van der Waals surface area (Å²) in [6.45, 7) is 11.0. The summed E-state index contributed by atoms with van der Waals surface area (Å²) in [5.74, 6) is -2.89. The number of aromatic nitrogens is 4. The number of nitrogens with one attached hydrogen (secondary N) is 1. The van der Waals surface area contributed by atoms with Gasteiger partial charge in [-0.2, -0.15) is 10.3 Å². The van der Waals surface area contributed by atoms with Gasteiger partial charge in [-0.15, -0.1) is 10.2 Å². The summed E-state index contributed by atoms with van der Waals surface area (Å²) in [7, 11) is 0. The Hall–Kier alpha value is -4.61. The molecule has 1 aromatic heterocycles. The predicted octanol–water partition coefficient (Wildman–Crippen LogP) is 4.53. The van der Waals surface area contributed by atoms with Gasteiger partial charge in [0.25, 0.3) is 5.91 Å². The van der Waals surface area contributed by atoms with Crippen molar-refractivity contribution >= 4 is 23.7 Å². The summed E-state index contributed by atoms with van der Waals surface area (Å²) in [6.07, 6.45) is 2.09. The number of unbranched alkanes of at least 4 members (excludes halogenated alkanes) is 1. The molecule has 0 radical (unpaired) electrons. The molecule has 1 unspecified atom stereocenters. The highest BCUT2D eigenvalue weighted by atomic mass is 16.7. The van der Waals surface area contributed by atoms with Crippen LogP contribution in [0.5, 0.6) is 0 Å². The molecule has 0 fully saturated rings. The molecular formula is C33H45N7O5. The van der Waals surface area contributed by atoms with Gasteiger partial charge in [-0.05, 0) is 61.4 Å². The molecule has 2 aromatic carbocycles. The van der Waals surface area contributed by atoms with E-state index in [2.05, 4.69) is 20.6 Å². The van der Waals surface area contributed by atoms with Crippen molar-refractivity contribution < 1.29 is 24.0 Å². The molecule has 242 valence electrons. The number of tetrazole rings is 1. The molecule has 45 heavy (non-hydrogen) atoms. The molecule has 1 heterocycles. The second kappa shape index (κ2) is 15.9. The molecule has 0 saturated carbocycles. The van der Waals surface area contributed by atoms with Gasteiger partial charge < -0.3 is 15.5 Å². The third-order valence-corrected chi connectivity index (χ3v) is 7.22. The first-order valence-electron chi connectivity index (χ1n) is 15.3. The molecule has 12 heteroatoms. The van der Waals surface area contributed by atoms with E-state index in [0.717, 1.165) is 33.7 Å². The van der Waals surface area contributed by atoms with Crippen LogP contribution < -0.4 is 5.73 Å². The van der Waals surface area contributed by atoms with E-state index in [4.69, 9.17) is 10.6 Å². The van der Waals surface area contributed by atoms with Crippen LogP contribution in [-0.4, -0.2) is 67.4 Å². The Morgan fingerprint density at radius 2 is 1.64 bits per heavy atom. The molecule has 12 nitrogen and oxygen atoms in total. The normalized spacial score (nSPS) is 12.1. The van der Waals surface area contributed by atoms with E-state index in [1.54, 1.807) is 25.7 Å². The summed E-state index contributed by atoms with van der Waals surface area (Å²) >= 11 is 0. The van der Waals surface area contributed by atoms with Crippen LogP contribution in [0.4, 0.5) is 0 Å². The van der Waals surface area contributed by atoms with Gasteiger partial charge in [0.15, 0.2) is 0 Å². The zero-order chi connectivity index (χ0) is 33.1. The number of rotatable bonds is 14. The van der Waals surface area contributed by atoms with Crippen molar-refractivity contribution in [1.29, 1.82) is 0 Å². The number of nitrogens with two attached hydrogens (primary N) is 1. The van der Waals surface area contributed by atoms with Crippen LogP contribution in [0.25, 0.3) is 22.5 Å². The minimum atomic E-state index is -1.16. The van der Waals surface area contributed by atoms with Crippen LogP contribution in [0.1, 0.15) is 72.8 Å². The summed E-state index contributed by atoms with van der Waals surface area (Å²) < 4.78 is 0. The number of carbonyl (C=O) groups is 4. The first kappa shape index (κ1) is 34.9. The smallest absolute Gasteiger partial charge is 0.337 e. The maximum Gasteiger partial charge on any atom is 0.337 e. The second-order valence-electron chi connectivity index (χ2n) is 12.6. The molecule has 0 aliphatic rings. The monoisotopic (exact) mass is 619 g/mol. The van der Waals surface area contributed by atoms with E-state index in [-0.39, 0.29) is 37.9 Å². The lowest BCUT2D eigenvalue weighted by molar-refractivity contribution is -0.208. The van der Waals surface area contributed by atoms with Crippen molar-refractivity contribution in [1.82, 2.24) is 30.6 Å². The molecule has 1 atom stereocenters. The lowest BCUT2D eigenvalue weighted by Gasteiger charge is -2.30. The Bertz CT molecular complexity index is 1430. The first-order valence-corrected chi connectivity index (χ1v) is 15.3. The predicted molar refractivity (Wildman–Crippen MR) is 169 cm³/mol. The zero-order valence-electron chi connectivity index (χ0n) is 27.1. The van der Waals surface area contributed by atoms with Gasteiger partial charge in [0.2, 0.25) is 17.6 Å². The van der Waals surface area contributed by atoms with Crippen molar-refractivity contribution in [3.63, 3.8) is 0 Å². The van der Waals surface area contributed by atoms with Crippen LogP contribution in [0.2, 0.25) is 0 Å². The Morgan fingerprint density at radius 1 is 0.978 bits per heavy atom. The van der Waals surface area contributed by atoms with Crippen LogP contribution in [0.15, 0.2) is 48.5 Å². The number of aromatic amines is 1. The molecule has 3 aromatic rings. The maximum absolute atomic E-state index is 13.5. The van der Waals surface area contributed by atoms with Crippen molar-refractivity contribution in [3.05, 3.63) is 54.1 Å². The second-order valence-corrected chi connectivity index (χ2v) is 12.6. The van der Waals surface area contributed by atoms with Gasteiger partial charge in [-0.1, -0.05) is 75.7 Å². The summed E-state index contributed by atoms with van der Waals surface area (Å²) in [4.78, 5) is 59.1. The van der Waals surface area contributed by atoms with Gasteiger partial charge in [-0.25, -0.2) is 4.79 Å². The number of benzene rings is 2. The zero-order valence-corrected chi connectivity index (χ0v) is 27.1. The highest BCUT2D eigenvalue weighted by Crippen LogP contribution is 2.30. The Morgan fingerprint density at radius 3 is 2.20 bits per heavy atom. The molecule has 3 N–H and O–H groups in total. The Balaban J connectivity index is 1.85. The van der Waals surface area contributed by atoms with E-state index < -0.39 is 29.1 Å². The van der Waals surface area contributed by atoms with Gasteiger partial charge >= 0.3 is 5.97 Å². The third-order valence-electron chi connectivity index (χ3n) is 7.22. The first-order chi connectivity index (χ1) is 21.3. The van der Waals surface area contributed by atoms with E-state index >= 15 is 0 Å². The molecule has 0 bridgehead atoms. The average molecular weight is 620 g/mol. The molecule has 0 spiro atoms. The van der Waals surface area contributed by atoms with Crippen LogP contribution >= 0.6 is 0 Å². The topological polar surface area (TPSA) is 164 Å². The fourth-order valence-corrected chi connectivity index (χ4v) is 4.63. The van der Waals surface area contributed by atoms with Gasteiger partial charge in [0.05, 0.1) is 12.0 Å². The van der Waals surface area contributed by atoms with Crippen molar-refractivity contribution in [3.8, 4) is 22.5 Å². The summed E-state index contributed by atoms with van der Waals surface area (Å²) in [6, 6.07) is 15.6. The lowest BCUT2D eigenvalue weighted by atomic mass is 9.95. The minimum Gasteiger partial charge on any atom is -0.369 e. The highest BCUT2D eigenvalue weighted by Gasteiger charge is 2.35. The van der Waals surface area contributed by atoms with Crippen LogP contribution in [0.3, 0.4) is 0 Å². The Labute approximate surface area is 264 Å². The number of nitrogens with zero attached hydrogens (tertiary/aromatic N) is 5.